The molecule has 8 heteroatoms. The van der Waals surface area contributed by atoms with E-state index in [4.69, 9.17) is 14.2 Å². The number of imide groups is 1. The van der Waals surface area contributed by atoms with Crippen LogP contribution in [0.1, 0.15) is 18.1 Å². The van der Waals surface area contributed by atoms with Crippen LogP contribution in [-0.2, 0) is 4.79 Å². The van der Waals surface area contributed by atoms with Crippen molar-refractivity contribution in [1.29, 1.82) is 0 Å². The minimum absolute atomic E-state index is 0.179. The third-order valence-corrected chi connectivity index (χ3v) is 5.95. The van der Waals surface area contributed by atoms with Gasteiger partial charge in [0.25, 0.3) is 11.1 Å². The zero-order chi connectivity index (χ0) is 23.1. The number of thioether (sulfide) groups is 1. The number of ether oxygens (including phenoxy) is 3. The predicted molar refractivity (Wildman–Crippen MR) is 130 cm³/mol. The third-order valence-electron chi connectivity index (χ3n) is 4.45. The van der Waals surface area contributed by atoms with Gasteiger partial charge in [0.1, 0.15) is 19.0 Å². The number of halogens is 1. The zero-order valence-electron chi connectivity index (χ0n) is 17.9. The maximum atomic E-state index is 12.8. The van der Waals surface area contributed by atoms with E-state index in [2.05, 4.69) is 22.5 Å². The summed E-state index contributed by atoms with van der Waals surface area (Å²) in [5, 5.41) is -0.316. The number of hydrogen-bond donors (Lipinski definition) is 0. The van der Waals surface area contributed by atoms with Crippen molar-refractivity contribution in [1.82, 2.24) is 4.90 Å². The Kier molecular flexibility index (Phi) is 8.41. The van der Waals surface area contributed by atoms with Gasteiger partial charge in [-0.25, -0.2) is 0 Å². The molecule has 6 nitrogen and oxygen atoms in total. The molecule has 2 aromatic carbocycles. The molecular formula is C24H24BrNO5S. The molecule has 1 fully saturated rings. The van der Waals surface area contributed by atoms with E-state index in [1.165, 1.54) is 4.90 Å². The van der Waals surface area contributed by atoms with Crippen molar-refractivity contribution >= 4 is 44.9 Å². The molecule has 0 unspecified atom stereocenters. The van der Waals surface area contributed by atoms with Gasteiger partial charge in [-0.3, -0.25) is 14.5 Å². The largest absolute Gasteiger partial charge is 0.492 e. The highest BCUT2D eigenvalue weighted by molar-refractivity contribution is 9.10. The molecule has 0 aromatic heterocycles. The second-order valence-corrected chi connectivity index (χ2v) is 8.71. The molecule has 2 aromatic rings. The van der Waals surface area contributed by atoms with E-state index in [-0.39, 0.29) is 24.3 Å². The molecule has 0 N–H and O–H groups in total. The van der Waals surface area contributed by atoms with Crippen LogP contribution in [0.5, 0.6) is 17.2 Å². The summed E-state index contributed by atoms with van der Waals surface area (Å²) in [6.45, 7) is 8.72. The predicted octanol–water partition coefficient (Wildman–Crippen LogP) is 5.84. The van der Waals surface area contributed by atoms with Crippen LogP contribution in [0.2, 0.25) is 0 Å². The van der Waals surface area contributed by atoms with E-state index < -0.39 is 0 Å². The molecule has 1 saturated heterocycles. The van der Waals surface area contributed by atoms with E-state index in [0.717, 1.165) is 17.3 Å². The Morgan fingerprint density at radius 2 is 1.88 bits per heavy atom. The van der Waals surface area contributed by atoms with Crippen LogP contribution in [0.25, 0.3) is 6.08 Å². The zero-order valence-corrected chi connectivity index (χ0v) is 20.3. The summed E-state index contributed by atoms with van der Waals surface area (Å²) in [4.78, 5) is 26.7. The van der Waals surface area contributed by atoms with Crippen molar-refractivity contribution in [2.24, 2.45) is 0 Å². The molecule has 0 saturated carbocycles. The van der Waals surface area contributed by atoms with Gasteiger partial charge < -0.3 is 14.2 Å². The number of hydrogen-bond acceptors (Lipinski definition) is 6. The van der Waals surface area contributed by atoms with Crippen molar-refractivity contribution in [3.8, 4) is 17.2 Å². The SMILES string of the molecule is C=CCOc1c(Br)cc(/C=C2\SC(=O)N(CCOc3ccc(C)cc3)C2=O)cc1OCC. The van der Waals surface area contributed by atoms with Crippen molar-refractivity contribution in [2.75, 3.05) is 26.4 Å². The topological polar surface area (TPSA) is 65.1 Å². The number of aryl methyl sites for hydroxylation is 1. The maximum absolute atomic E-state index is 12.8. The van der Waals surface area contributed by atoms with Gasteiger partial charge in [0.05, 0.1) is 22.5 Å². The number of benzene rings is 2. The van der Waals surface area contributed by atoms with Gasteiger partial charge in [-0.05, 0) is 77.4 Å². The Labute approximate surface area is 200 Å². The van der Waals surface area contributed by atoms with Crippen molar-refractivity contribution < 1.29 is 23.8 Å². The summed E-state index contributed by atoms with van der Waals surface area (Å²) >= 11 is 4.40. The summed E-state index contributed by atoms with van der Waals surface area (Å²) in [6.07, 6.45) is 3.32. The van der Waals surface area contributed by atoms with Gasteiger partial charge in [0.2, 0.25) is 0 Å². The minimum atomic E-state index is -0.339. The van der Waals surface area contributed by atoms with Crippen LogP contribution in [0, 0.1) is 6.92 Å². The lowest BCUT2D eigenvalue weighted by Gasteiger charge is -2.14. The van der Waals surface area contributed by atoms with Crippen LogP contribution in [0.3, 0.4) is 0 Å². The summed E-state index contributed by atoms with van der Waals surface area (Å²) in [5.74, 6) is 1.46. The fourth-order valence-corrected chi connectivity index (χ4v) is 4.39. The van der Waals surface area contributed by atoms with Crippen LogP contribution >= 0.6 is 27.7 Å². The molecule has 0 aliphatic carbocycles. The Bertz CT molecular complexity index is 1040. The molecule has 168 valence electrons. The first-order valence-electron chi connectivity index (χ1n) is 10.1. The van der Waals surface area contributed by atoms with Gasteiger partial charge in [0, 0.05) is 0 Å². The highest BCUT2D eigenvalue weighted by Gasteiger charge is 2.34. The molecule has 0 spiro atoms. The van der Waals surface area contributed by atoms with E-state index in [0.29, 0.717) is 45.4 Å². The first kappa shape index (κ1) is 23.9. The molecule has 1 aliphatic heterocycles. The normalized spacial score (nSPS) is 14.7. The van der Waals surface area contributed by atoms with Gasteiger partial charge in [-0.15, -0.1) is 0 Å². The quantitative estimate of drug-likeness (QED) is 0.291. The van der Waals surface area contributed by atoms with Gasteiger partial charge in [0.15, 0.2) is 11.5 Å². The van der Waals surface area contributed by atoms with Crippen LogP contribution in [0.15, 0.2) is 58.4 Å². The fraction of sp³-hybridized carbons (Fsp3) is 0.250. The molecule has 0 bridgehead atoms. The Morgan fingerprint density at radius 1 is 1.12 bits per heavy atom. The monoisotopic (exact) mass is 517 g/mol. The second kappa shape index (κ2) is 11.2. The van der Waals surface area contributed by atoms with Crippen LogP contribution in [0.4, 0.5) is 4.79 Å². The molecule has 0 atom stereocenters. The average molecular weight is 518 g/mol. The van der Waals surface area contributed by atoms with E-state index in [1.54, 1.807) is 18.2 Å². The first-order chi connectivity index (χ1) is 15.4. The molecular weight excluding hydrogens is 494 g/mol. The van der Waals surface area contributed by atoms with E-state index in [9.17, 15) is 9.59 Å². The van der Waals surface area contributed by atoms with Crippen LogP contribution < -0.4 is 14.2 Å². The Hall–Kier alpha value is -2.71. The van der Waals surface area contributed by atoms with Crippen molar-refractivity contribution in [2.45, 2.75) is 13.8 Å². The Balaban J connectivity index is 1.71. The van der Waals surface area contributed by atoms with Crippen molar-refractivity contribution in [3.05, 3.63) is 69.6 Å². The number of rotatable bonds is 10. The van der Waals surface area contributed by atoms with Gasteiger partial charge in [-0.1, -0.05) is 30.4 Å². The molecule has 1 heterocycles. The number of carbonyl (C=O) groups excluding carboxylic acids is 2. The molecule has 2 amide bonds. The average Bonchev–Trinajstić information content (AvgIpc) is 3.02. The third kappa shape index (κ3) is 5.95. The van der Waals surface area contributed by atoms with Crippen LogP contribution in [-0.4, -0.2) is 42.4 Å². The highest BCUT2D eigenvalue weighted by atomic mass is 79.9. The van der Waals surface area contributed by atoms with E-state index in [1.807, 2.05) is 44.2 Å². The van der Waals surface area contributed by atoms with E-state index >= 15 is 0 Å². The number of nitrogens with zero attached hydrogens (tertiary/aromatic N) is 1. The van der Waals surface area contributed by atoms with Gasteiger partial charge >= 0.3 is 0 Å². The smallest absolute Gasteiger partial charge is 0.293 e. The molecule has 3 rings (SSSR count). The summed E-state index contributed by atoms with van der Waals surface area (Å²) < 4.78 is 17.7. The Morgan fingerprint density at radius 3 is 2.56 bits per heavy atom. The van der Waals surface area contributed by atoms with Crippen molar-refractivity contribution in [3.63, 3.8) is 0 Å². The highest BCUT2D eigenvalue weighted by Crippen LogP contribution is 2.39. The summed E-state index contributed by atoms with van der Waals surface area (Å²) in [6, 6.07) is 11.2. The lowest BCUT2D eigenvalue weighted by Crippen LogP contribution is -2.32. The number of amides is 2. The molecule has 0 radical (unpaired) electrons. The number of carbonyl (C=O) groups is 2. The summed E-state index contributed by atoms with van der Waals surface area (Å²) in [5.41, 5.74) is 1.85. The lowest BCUT2D eigenvalue weighted by atomic mass is 10.2. The summed E-state index contributed by atoms with van der Waals surface area (Å²) in [7, 11) is 0. The molecule has 32 heavy (non-hydrogen) atoms. The first-order valence-corrected chi connectivity index (χ1v) is 11.7. The second-order valence-electron chi connectivity index (χ2n) is 6.86. The molecule has 1 aliphatic rings. The maximum Gasteiger partial charge on any atom is 0.293 e. The fourth-order valence-electron chi connectivity index (χ4n) is 2.95. The minimum Gasteiger partial charge on any atom is -0.492 e. The lowest BCUT2D eigenvalue weighted by molar-refractivity contribution is -0.123. The van der Waals surface area contributed by atoms with Gasteiger partial charge in [-0.2, -0.15) is 0 Å². The standard InChI is InChI=1S/C24H24BrNO5S/c1-4-11-31-22-19(25)13-17(14-20(22)29-5-2)15-21-23(27)26(24(28)32-21)10-12-30-18-8-6-16(3)7-9-18/h4,6-9,13-15H,1,5,10-12H2,2-3H3/b21-15-.